The predicted molar refractivity (Wildman–Crippen MR) is 161 cm³/mol. The van der Waals surface area contributed by atoms with Gasteiger partial charge in [0.1, 0.15) is 0 Å². The van der Waals surface area contributed by atoms with Crippen LogP contribution in [0.1, 0.15) is 53.6 Å². The van der Waals surface area contributed by atoms with Gasteiger partial charge in [0.15, 0.2) is 10.9 Å². The van der Waals surface area contributed by atoms with Crippen molar-refractivity contribution >= 4 is 49.4 Å². The summed E-state index contributed by atoms with van der Waals surface area (Å²) in [6, 6.07) is 23.5. The van der Waals surface area contributed by atoms with Gasteiger partial charge < -0.3 is 0 Å². The van der Waals surface area contributed by atoms with Gasteiger partial charge in [-0.1, -0.05) is 105 Å². The second-order valence-corrected chi connectivity index (χ2v) is 12.9. The summed E-state index contributed by atoms with van der Waals surface area (Å²) in [7, 11) is 0. The molecule has 0 aliphatic heterocycles. The molecule has 0 atom stereocenters. The number of Topliss-reactive ketones (excluding diaryl/α,β-unsaturated/α-hetero) is 1. The van der Waals surface area contributed by atoms with Crippen LogP contribution in [-0.2, 0) is 11.8 Å². The number of aromatic nitrogens is 2. The van der Waals surface area contributed by atoms with Gasteiger partial charge in [-0.2, -0.15) is 0 Å². The van der Waals surface area contributed by atoms with Crippen molar-refractivity contribution < 1.29 is 4.79 Å². The van der Waals surface area contributed by atoms with Crippen LogP contribution in [0.25, 0.3) is 16.9 Å². The topological polar surface area (TPSA) is 52.0 Å². The summed E-state index contributed by atoms with van der Waals surface area (Å²) < 4.78 is 3.55. The molecule has 6 rings (SSSR count). The van der Waals surface area contributed by atoms with E-state index in [1.165, 1.54) is 23.7 Å². The molecule has 1 saturated carbocycles. The monoisotopic (exact) mass is 648 g/mol. The molecular weight excluding hydrogens is 624 g/mol. The second kappa shape index (κ2) is 10.6. The maximum absolute atomic E-state index is 14.6. The number of fused-ring (bicyclic) bond motifs is 4. The van der Waals surface area contributed by atoms with Crippen LogP contribution in [0.4, 0.5) is 0 Å². The lowest BCUT2D eigenvalue weighted by Gasteiger charge is -2.42. The fourth-order valence-electron chi connectivity index (χ4n) is 5.98. The van der Waals surface area contributed by atoms with Crippen LogP contribution < -0.4 is 5.56 Å². The largest absolute Gasteiger partial charge is 0.293 e. The summed E-state index contributed by atoms with van der Waals surface area (Å²) in [5.74, 6) is 0.188. The molecule has 0 unspecified atom stereocenters. The molecule has 192 valence electrons. The van der Waals surface area contributed by atoms with Gasteiger partial charge in [-0.25, -0.2) is 4.98 Å². The molecule has 3 aromatic carbocycles. The number of rotatable bonds is 5. The zero-order valence-corrected chi connectivity index (χ0v) is 24.7. The van der Waals surface area contributed by atoms with E-state index in [1.807, 2.05) is 54.6 Å². The van der Waals surface area contributed by atoms with Crippen molar-refractivity contribution in [3.05, 3.63) is 109 Å². The minimum atomic E-state index is -0.198. The molecule has 0 radical (unpaired) electrons. The van der Waals surface area contributed by atoms with Gasteiger partial charge in [0.05, 0.1) is 22.7 Å². The van der Waals surface area contributed by atoms with Gasteiger partial charge in [0.25, 0.3) is 5.56 Å². The number of carbonyl (C=O) groups is 1. The molecule has 1 heterocycles. The average molecular weight is 650 g/mol. The summed E-state index contributed by atoms with van der Waals surface area (Å²) >= 11 is 8.33. The minimum Gasteiger partial charge on any atom is -0.293 e. The smallest absolute Gasteiger partial charge is 0.263 e. The average Bonchev–Trinajstić information content (AvgIpc) is 2.92. The van der Waals surface area contributed by atoms with Crippen LogP contribution in [0.2, 0.25) is 0 Å². The number of nitrogens with zero attached hydrogens (tertiary/aromatic N) is 2. The Bertz CT molecular complexity index is 1590. The molecule has 0 amide bonds. The van der Waals surface area contributed by atoms with Crippen LogP contribution >= 0.6 is 43.6 Å². The first-order valence-electron chi connectivity index (χ1n) is 12.9. The van der Waals surface area contributed by atoms with Crippen molar-refractivity contribution in [1.29, 1.82) is 0 Å². The van der Waals surface area contributed by atoms with Crippen LogP contribution in [0.5, 0.6) is 0 Å². The number of halogens is 2. The highest BCUT2D eigenvalue weighted by Gasteiger charge is 2.43. The van der Waals surface area contributed by atoms with Crippen LogP contribution in [0.15, 0.2) is 91.7 Å². The Labute approximate surface area is 243 Å². The van der Waals surface area contributed by atoms with Gasteiger partial charge in [0, 0.05) is 25.5 Å². The summed E-state index contributed by atoms with van der Waals surface area (Å²) in [5, 5.41) is 0.542. The van der Waals surface area contributed by atoms with Gasteiger partial charge in [-0.15, -0.1) is 0 Å². The highest BCUT2D eigenvalue weighted by molar-refractivity contribution is 9.10. The molecule has 7 heteroatoms. The highest BCUT2D eigenvalue weighted by Crippen LogP contribution is 2.49. The van der Waals surface area contributed by atoms with Crippen LogP contribution in [0, 0.1) is 0 Å². The summed E-state index contributed by atoms with van der Waals surface area (Å²) in [6.07, 6.45) is 6.32. The third kappa shape index (κ3) is 4.74. The van der Waals surface area contributed by atoms with Crippen molar-refractivity contribution in [2.45, 2.75) is 49.1 Å². The van der Waals surface area contributed by atoms with E-state index in [2.05, 4.69) is 50.1 Å². The Morgan fingerprint density at radius 3 is 2.45 bits per heavy atom. The Hall–Kier alpha value is -2.48. The molecule has 1 aromatic heterocycles. The van der Waals surface area contributed by atoms with Gasteiger partial charge in [-0.05, 0) is 55.2 Å². The Morgan fingerprint density at radius 2 is 1.68 bits per heavy atom. The van der Waals surface area contributed by atoms with E-state index in [9.17, 15) is 9.59 Å². The molecule has 1 spiro atoms. The molecule has 2 aliphatic rings. The van der Waals surface area contributed by atoms with E-state index < -0.39 is 0 Å². The highest BCUT2D eigenvalue weighted by atomic mass is 79.9. The lowest BCUT2D eigenvalue weighted by Crippen LogP contribution is -2.42. The molecule has 0 bridgehead atoms. The van der Waals surface area contributed by atoms with Crippen molar-refractivity contribution in [1.82, 2.24) is 9.55 Å². The molecule has 4 nitrogen and oxygen atoms in total. The third-order valence-corrected chi connectivity index (χ3v) is 9.72. The SMILES string of the molecule is O=C(CSc1nc2c(c(=O)n1-c1cccc(Br)c1)C1(CCCCC1)Cc1ccccc1-2)c1ccc(Br)cc1. The number of benzene rings is 3. The lowest BCUT2D eigenvalue weighted by molar-refractivity contribution is 0.102. The quantitative estimate of drug-likeness (QED) is 0.124. The van der Waals surface area contributed by atoms with Crippen LogP contribution in [-0.4, -0.2) is 21.1 Å². The number of ketones is 1. The van der Waals surface area contributed by atoms with E-state index in [0.717, 1.165) is 63.6 Å². The number of thioether (sulfide) groups is 1. The number of carbonyl (C=O) groups excluding carboxylic acids is 1. The fraction of sp³-hybridized carbons (Fsp3) is 0.258. The third-order valence-electron chi connectivity index (χ3n) is 7.76. The maximum atomic E-state index is 14.6. The van der Waals surface area contributed by atoms with E-state index in [1.54, 1.807) is 4.57 Å². The van der Waals surface area contributed by atoms with Gasteiger partial charge >= 0.3 is 0 Å². The fourth-order valence-corrected chi connectivity index (χ4v) is 7.53. The number of hydrogen-bond donors (Lipinski definition) is 0. The molecule has 1 fully saturated rings. The van der Waals surface area contributed by atoms with E-state index in [-0.39, 0.29) is 22.5 Å². The molecule has 4 aromatic rings. The van der Waals surface area contributed by atoms with Crippen LogP contribution in [0.3, 0.4) is 0 Å². The van der Waals surface area contributed by atoms with E-state index in [4.69, 9.17) is 4.98 Å². The molecule has 38 heavy (non-hydrogen) atoms. The first kappa shape index (κ1) is 25.8. The minimum absolute atomic E-state index is 0.000544. The molecule has 0 saturated heterocycles. The molecular formula is C31H26Br2N2O2S. The predicted octanol–water partition coefficient (Wildman–Crippen LogP) is 8.16. The van der Waals surface area contributed by atoms with Gasteiger partial charge in [0.2, 0.25) is 0 Å². The summed E-state index contributed by atoms with van der Waals surface area (Å²) in [6.45, 7) is 0. The van der Waals surface area contributed by atoms with E-state index >= 15 is 0 Å². The van der Waals surface area contributed by atoms with Crippen molar-refractivity contribution in [3.8, 4) is 16.9 Å². The number of hydrogen-bond acceptors (Lipinski definition) is 4. The molecule has 0 N–H and O–H groups in total. The zero-order valence-electron chi connectivity index (χ0n) is 20.8. The lowest BCUT2D eigenvalue weighted by atomic mass is 9.62. The van der Waals surface area contributed by atoms with Crippen molar-refractivity contribution in [3.63, 3.8) is 0 Å². The van der Waals surface area contributed by atoms with E-state index in [0.29, 0.717) is 10.7 Å². The maximum Gasteiger partial charge on any atom is 0.263 e. The Balaban J connectivity index is 1.53. The second-order valence-electron chi connectivity index (χ2n) is 10.1. The van der Waals surface area contributed by atoms with Gasteiger partial charge in [-0.3, -0.25) is 14.2 Å². The zero-order chi connectivity index (χ0) is 26.3. The summed E-state index contributed by atoms with van der Waals surface area (Å²) in [5.41, 5.74) is 5.13. The standard InChI is InChI=1S/C31H26Br2N2O2S/c32-22-13-11-20(12-14-22)26(36)19-38-30-34-28-25-10-3-2-7-21(25)18-31(15-4-1-5-16-31)27(28)29(37)35(30)24-9-6-8-23(33)17-24/h2-3,6-14,17H,1,4-5,15-16,18-19H2. The first-order valence-corrected chi connectivity index (χ1v) is 15.5. The summed E-state index contributed by atoms with van der Waals surface area (Å²) in [4.78, 5) is 32.9. The van der Waals surface area contributed by atoms with Crippen molar-refractivity contribution in [2.75, 3.05) is 5.75 Å². The Kier molecular flexibility index (Phi) is 7.18. The molecule has 2 aliphatic carbocycles. The normalized spacial score (nSPS) is 15.6. The van der Waals surface area contributed by atoms with Crippen molar-refractivity contribution in [2.24, 2.45) is 0 Å². The Morgan fingerprint density at radius 1 is 0.921 bits per heavy atom. The first-order chi connectivity index (χ1) is 18.4.